The first kappa shape index (κ1) is 11.0. The van der Waals surface area contributed by atoms with Crippen LogP contribution in [-0.4, -0.2) is 37.0 Å². The summed E-state index contributed by atoms with van der Waals surface area (Å²) in [4.78, 5) is 0. The third-order valence-electron chi connectivity index (χ3n) is 2.51. The van der Waals surface area contributed by atoms with Gasteiger partial charge in [0, 0.05) is 18.7 Å². The van der Waals surface area contributed by atoms with Crippen molar-refractivity contribution in [2.75, 3.05) is 19.8 Å². The lowest BCUT2D eigenvalue weighted by Crippen LogP contribution is -2.45. The third-order valence-corrected chi connectivity index (χ3v) is 2.51. The van der Waals surface area contributed by atoms with E-state index in [-0.39, 0.29) is 12.6 Å². The second-order valence-corrected chi connectivity index (χ2v) is 4.09. The number of aliphatic hydroxyl groups is 1. The summed E-state index contributed by atoms with van der Waals surface area (Å²) in [7, 11) is 0. The summed E-state index contributed by atoms with van der Waals surface area (Å²) in [6.07, 6.45) is 2.30. The molecule has 0 aromatic heterocycles. The van der Waals surface area contributed by atoms with Gasteiger partial charge < -0.3 is 15.2 Å². The van der Waals surface area contributed by atoms with Crippen LogP contribution in [0.15, 0.2) is 0 Å². The molecule has 0 aliphatic carbocycles. The molecular formula is C10H21NO2. The minimum Gasteiger partial charge on any atom is -0.395 e. The normalized spacial score (nSPS) is 26.3. The largest absolute Gasteiger partial charge is 0.395 e. The van der Waals surface area contributed by atoms with Crippen molar-refractivity contribution in [1.29, 1.82) is 0 Å². The molecule has 1 aliphatic rings. The Balaban J connectivity index is 2.34. The Morgan fingerprint density at radius 2 is 2.31 bits per heavy atom. The van der Waals surface area contributed by atoms with Crippen LogP contribution in [0.4, 0.5) is 0 Å². The van der Waals surface area contributed by atoms with Crippen LogP contribution < -0.4 is 5.32 Å². The highest BCUT2D eigenvalue weighted by Crippen LogP contribution is 2.17. The van der Waals surface area contributed by atoms with Crippen molar-refractivity contribution in [2.45, 2.75) is 38.8 Å². The predicted octanol–water partition coefficient (Wildman–Crippen LogP) is 0.772. The summed E-state index contributed by atoms with van der Waals surface area (Å²) >= 11 is 0. The molecule has 2 atom stereocenters. The maximum absolute atomic E-state index is 9.21. The zero-order valence-electron chi connectivity index (χ0n) is 8.62. The molecule has 0 aromatic carbocycles. The van der Waals surface area contributed by atoms with Gasteiger partial charge in [0.2, 0.25) is 0 Å². The molecule has 1 saturated heterocycles. The second kappa shape index (κ2) is 5.58. The Kier molecular flexibility index (Phi) is 4.70. The fourth-order valence-corrected chi connectivity index (χ4v) is 1.85. The van der Waals surface area contributed by atoms with Gasteiger partial charge in [-0.05, 0) is 18.8 Å². The number of nitrogens with one attached hydrogen (secondary N) is 1. The van der Waals surface area contributed by atoms with E-state index < -0.39 is 0 Å². The Morgan fingerprint density at radius 1 is 1.54 bits per heavy atom. The molecule has 0 aromatic rings. The van der Waals surface area contributed by atoms with Crippen molar-refractivity contribution in [3.8, 4) is 0 Å². The molecule has 2 unspecified atom stereocenters. The Bertz CT molecular complexity index is 133. The van der Waals surface area contributed by atoms with Crippen LogP contribution in [0.25, 0.3) is 0 Å². The van der Waals surface area contributed by atoms with Gasteiger partial charge in [0.25, 0.3) is 0 Å². The van der Waals surface area contributed by atoms with E-state index in [0.29, 0.717) is 12.0 Å². The van der Waals surface area contributed by atoms with Gasteiger partial charge in [-0.1, -0.05) is 13.8 Å². The molecule has 0 spiro atoms. The summed E-state index contributed by atoms with van der Waals surface area (Å²) in [5, 5.41) is 12.6. The third kappa shape index (κ3) is 3.63. The first-order valence-electron chi connectivity index (χ1n) is 5.18. The van der Waals surface area contributed by atoms with E-state index in [9.17, 15) is 5.11 Å². The maximum Gasteiger partial charge on any atom is 0.0588 e. The Hall–Kier alpha value is -0.120. The van der Waals surface area contributed by atoms with E-state index in [2.05, 4.69) is 19.2 Å². The van der Waals surface area contributed by atoms with E-state index in [1.165, 1.54) is 6.42 Å². The fourth-order valence-electron chi connectivity index (χ4n) is 1.85. The average molecular weight is 187 g/mol. The van der Waals surface area contributed by atoms with Crippen molar-refractivity contribution in [3.63, 3.8) is 0 Å². The zero-order chi connectivity index (χ0) is 9.68. The first-order chi connectivity index (χ1) is 6.24. The number of hydrogen-bond acceptors (Lipinski definition) is 3. The quantitative estimate of drug-likeness (QED) is 0.683. The highest BCUT2D eigenvalue weighted by atomic mass is 16.5. The van der Waals surface area contributed by atoms with Gasteiger partial charge in [-0.15, -0.1) is 0 Å². The van der Waals surface area contributed by atoms with Crippen molar-refractivity contribution in [2.24, 2.45) is 5.92 Å². The molecule has 0 amide bonds. The number of ether oxygens (including phenoxy) is 1. The SMILES string of the molecule is CC(C)NC(CO)C1CCCOC1. The lowest BCUT2D eigenvalue weighted by molar-refractivity contribution is 0.0267. The second-order valence-electron chi connectivity index (χ2n) is 4.09. The van der Waals surface area contributed by atoms with Crippen LogP contribution in [0.1, 0.15) is 26.7 Å². The summed E-state index contributed by atoms with van der Waals surface area (Å²) < 4.78 is 5.40. The summed E-state index contributed by atoms with van der Waals surface area (Å²) in [6.45, 7) is 6.10. The van der Waals surface area contributed by atoms with Crippen LogP contribution in [0.5, 0.6) is 0 Å². The average Bonchev–Trinajstić information content (AvgIpc) is 2.15. The Labute approximate surface area is 80.5 Å². The number of hydrogen-bond donors (Lipinski definition) is 2. The molecule has 3 heteroatoms. The molecule has 78 valence electrons. The smallest absolute Gasteiger partial charge is 0.0588 e. The highest BCUT2D eigenvalue weighted by Gasteiger charge is 2.23. The molecule has 0 saturated carbocycles. The van der Waals surface area contributed by atoms with Gasteiger partial charge in [-0.2, -0.15) is 0 Å². The summed E-state index contributed by atoms with van der Waals surface area (Å²) in [5.41, 5.74) is 0. The highest BCUT2D eigenvalue weighted by molar-refractivity contribution is 4.79. The minimum absolute atomic E-state index is 0.209. The molecule has 1 aliphatic heterocycles. The molecule has 13 heavy (non-hydrogen) atoms. The monoisotopic (exact) mass is 187 g/mol. The lowest BCUT2D eigenvalue weighted by Gasteiger charge is -2.31. The molecular weight excluding hydrogens is 166 g/mol. The predicted molar refractivity (Wildman–Crippen MR) is 52.7 cm³/mol. The summed E-state index contributed by atoms with van der Waals surface area (Å²) in [6, 6.07) is 0.638. The van der Waals surface area contributed by atoms with Crippen LogP contribution in [0, 0.1) is 5.92 Å². The molecule has 1 heterocycles. The minimum atomic E-state index is 0.209. The molecule has 1 fully saturated rings. The molecule has 3 nitrogen and oxygen atoms in total. The van der Waals surface area contributed by atoms with E-state index in [4.69, 9.17) is 4.74 Å². The van der Waals surface area contributed by atoms with Crippen molar-refractivity contribution in [3.05, 3.63) is 0 Å². The van der Waals surface area contributed by atoms with Crippen LogP contribution in [0.3, 0.4) is 0 Å². The van der Waals surface area contributed by atoms with Gasteiger partial charge in [0.05, 0.1) is 13.2 Å². The van der Waals surface area contributed by atoms with Crippen LogP contribution in [0.2, 0.25) is 0 Å². The van der Waals surface area contributed by atoms with Crippen LogP contribution in [-0.2, 0) is 4.74 Å². The number of rotatable bonds is 4. The molecule has 0 bridgehead atoms. The first-order valence-corrected chi connectivity index (χ1v) is 5.18. The van der Waals surface area contributed by atoms with E-state index >= 15 is 0 Å². The maximum atomic E-state index is 9.21. The fraction of sp³-hybridized carbons (Fsp3) is 1.00. The van der Waals surface area contributed by atoms with Gasteiger partial charge in [0.1, 0.15) is 0 Å². The van der Waals surface area contributed by atoms with Crippen LogP contribution >= 0.6 is 0 Å². The van der Waals surface area contributed by atoms with E-state index in [1.807, 2.05) is 0 Å². The Morgan fingerprint density at radius 3 is 2.77 bits per heavy atom. The zero-order valence-corrected chi connectivity index (χ0v) is 8.62. The van der Waals surface area contributed by atoms with Gasteiger partial charge in [-0.25, -0.2) is 0 Å². The van der Waals surface area contributed by atoms with E-state index in [1.54, 1.807) is 0 Å². The van der Waals surface area contributed by atoms with E-state index in [0.717, 1.165) is 19.6 Å². The van der Waals surface area contributed by atoms with Gasteiger partial charge in [0.15, 0.2) is 0 Å². The lowest BCUT2D eigenvalue weighted by atomic mass is 9.94. The van der Waals surface area contributed by atoms with Crippen molar-refractivity contribution in [1.82, 2.24) is 5.32 Å². The topological polar surface area (TPSA) is 41.5 Å². The van der Waals surface area contributed by atoms with Gasteiger partial charge >= 0.3 is 0 Å². The molecule has 1 rings (SSSR count). The number of aliphatic hydroxyl groups excluding tert-OH is 1. The molecule has 0 radical (unpaired) electrons. The summed E-state index contributed by atoms with van der Waals surface area (Å²) in [5.74, 6) is 0.487. The van der Waals surface area contributed by atoms with Gasteiger partial charge in [-0.3, -0.25) is 0 Å². The standard InChI is InChI=1S/C10H21NO2/c1-8(2)11-10(6-12)9-4-3-5-13-7-9/h8-12H,3-7H2,1-2H3. The molecule has 2 N–H and O–H groups in total. The van der Waals surface area contributed by atoms with Crippen molar-refractivity contribution >= 4 is 0 Å². The van der Waals surface area contributed by atoms with Crippen molar-refractivity contribution < 1.29 is 9.84 Å².